The summed E-state index contributed by atoms with van der Waals surface area (Å²) in [4.78, 5) is 4.21. The summed E-state index contributed by atoms with van der Waals surface area (Å²) in [5, 5.41) is 3.58. The zero-order valence-corrected chi connectivity index (χ0v) is 10.8. The maximum atomic E-state index is 4.21. The fourth-order valence-corrected chi connectivity index (χ4v) is 2.10. The van der Waals surface area contributed by atoms with Crippen LogP contribution in [0.2, 0.25) is 0 Å². The van der Waals surface area contributed by atoms with E-state index in [2.05, 4.69) is 37.1 Å². The summed E-state index contributed by atoms with van der Waals surface area (Å²) in [6.07, 6.45) is 8.74. The average molecular weight is 220 g/mol. The van der Waals surface area contributed by atoms with E-state index in [0.717, 1.165) is 13.0 Å². The Kier molecular flexibility index (Phi) is 6.09. The number of nitrogens with zero attached hydrogens (tertiary/aromatic N) is 1. The molecule has 1 aromatic rings. The van der Waals surface area contributed by atoms with Crippen molar-refractivity contribution in [2.75, 3.05) is 6.54 Å². The van der Waals surface area contributed by atoms with Gasteiger partial charge in [-0.1, -0.05) is 33.6 Å². The molecule has 0 radical (unpaired) electrons. The van der Waals surface area contributed by atoms with E-state index in [0.29, 0.717) is 6.04 Å². The second-order valence-corrected chi connectivity index (χ2v) is 4.18. The first-order valence-corrected chi connectivity index (χ1v) is 6.49. The molecule has 2 heteroatoms. The van der Waals surface area contributed by atoms with Crippen molar-refractivity contribution in [3.63, 3.8) is 0 Å². The molecule has 0 saturated carbocycles. The van der Waals surface area contributed by atoms with Gasteiger partial charge in [0.25, 0.3) is 0 Å². The lowest BCUT2D eigenvalue weighted by Gasteiger charge is -2.20. The minimum Gasteiger partial charge on any atom is -0.310 e. The largest absolute Gasteiger partial charge is 0.310 e. The molecule has 0 spiro atoms. The Bertz CT molecular complexity index is 297. The molecule has 0 saturated heterocycles. The molecule has 16 heavy (non-hydrogen) atoms. The van der Waals surface area contributed by atoms with Crippen molar-refractivity contribution in [1.29, 1.82) is 0 Å². The van der Waals surface area contributed by atoms with Crippen LogP contribution in [0.5, 0.6) is 0 Å². The number of aryl methyl sites for hydroxylation is 1. The zero-order chi connectivity index (χ0) is 11.8. The molecule has 0 fully saturated rings. The van der Waals surface area contributed by atoms with E-state index in [1.807, 2.05) is 12.4 Å². The molecule has 0 aliphatic rings. The Morgan fingerprint density at radius 2 is 2.12 bits per heavy atom. The first kappa shape index (κ1) is 13.2. The van der Waals surface area contributed by atoms with Crippen molar-refractivity contribution in [3.05, 3.63) is 29.6 Å². The summed E-state index contributed by atoms with van der Waals surface area (Å²) in [6.45, 7) is 7.64. The van der Waals surface area contributed by atoms with Crippen LogP contribution in [0.1, 0.15) is 57.2 Å². The van der Waals surface area contributed by atoms with Crippen LogP contribution in [0.4, 0.5) is 0 Å². The van der Waals surface area contributed by atoms with Crippen molar-refractivity contribution in [3.8, 4) is 0 Å². The quantitative estimate of drug-likeness (QED) is 0.761. The molecule has 2 nitrogen and oxygen atoms in total. The number of hydrogen-bond donors (Lipinski definition) is 1. The van der Waals surface area contributed by atoms with E-state index in [1.165, 1.54) is 30.4 Å². The van der Waals surface area contributed by atoms with Gasteiger partial charge in [0.2, 0.25) is 0 Å². The summed E-state index contributed by atoms with van der Waals surface area (Å²) < 4.78 is 0. The molecular weight excluding hydrogens is 196 g/mol. The van der Waals surface area contributed by atoms with Gasteiger partial charge in [0.05, 0.1) is 0 Å². The summed E-state index contributed by atoms with van der Waals surface area (Å²) in [5.74, 6) is 0. The van der Waals surface area contributed by atoms with Crippen molar-refractivity contribution < 1.29 is 0 Å². The number of pyridine rings is 1. The molecule has 0 aliphatic heterocycles. The highest BCUT2D eigenvalue weighted by Crippen LogP contribution is 2.22. The molecule has 0 amide bonds. The smallest absolute Gasteiger partial charge is 0.0323 e. The van der Waals surface area contributed by atoms with Gasteiger partial charge in [0, 0.05) is 18.4 Å². The lowest BCUT2D eigenvalue weighted by molar-refractivity contribution is 0.491. The van der Waals surface area contributed by atoms with Crippen LogP contribution in [-0.2, 0) is 6.42 Å². The Morgan fingerprint density at radius 1 is 1.31 bits per heavy atom. The molecule has 1 N–H and O–H groups in total. The summed E-state index contributed by atoms with van der Waals surface area (Å²) in [5.41, 5.74) is 2.82. The topological polar surface area (TPSA) is 24.9 Å². The second kappa shape index (κ2) is 7.39. The third kappa shape index (κ3) is 3.60. The van der Waals surface area contributed by atoms with Crippen molar-refractivity contribution >= 4 is 0 Å². The van der Waals surface area contributed by atoms with Gasteiger partial charge in [0.1, 0.15) is 0 Å². The van der Waals surface area contributed by atoms with E-state index in [9.17, 15) is 0 Å². The maximum absolute atomic E-state index is 4.21. The third-order valence-corrected chi connectivity index (χ3v) is 2.99. The predicted octanol–water partition coefficient (Wildman–Crippen LogP) is 3.48. The molecular formula is C14H24N2. The van der Waals surface area contributed by atoms with Gasteiger partial charge in [-0.05, 0) is 36.6 Å². The van der Waals surface area contributed by atoms with Gasteiger partial charge >= 0.3 is 0 Å². The number of hydrogen-bond acceptors (Lipinski definition) is 2. The number of rotatable bonds is 7. The fourth-order valence-electron chi connectivity index (χ4n) is 2.10. The van der Waals surface area contributed by atoms with Gasteiger partial charge in [-0.25, -0.2) is 0 Å². The van der Waals surface area contributed by atoms with E-state index in [1.54, 1.807) is 0 Å². The lowest BCUT2D eigenvalue weighted by Crippen LogP contribution is -2.22. The van der Waals surface area contributed by atoms with E-state index >= 15 is 0 Å². The van der Waals surface area contributed by atoms with Gasteiger partial charge in [-0.2, -0.15) is 0 Å². The Balaban J connectivity index is 2.81. The number of unbranched alkanes of at least 4 members (excludes halogenated alkanes) is 1. The first-order valence-electron chi connectivity index (χ1n) is 6.49. The van der Waals surface area contributed by atoms with E-state index in [-0.39, 0.29) is 0 Å². The van der Waals surface area contributed by atoms with E-state index < -0.39 is 0 Å². The third-order valence-electron chi connectivity index (χ3n) is 2.99. The van der Waals surface area contributed by atoms with Crippen LogP contribution in [0.25, 0.3) is 0 Å². The lowest BCUT2D eigenvalue weighted by atomic mass is 9.96. The fraction of sp³-hybridized carbons (Fsp3) is 0.643. The average Bonchev–Trinajstić information content (AvgIpc) is 2.34. The van der Waals surface area contributed by atoms with Crippen LogP contribution >= 0.6 is 0 Å². The van der Waals surface area contributed by atoms with Gasteiger partial charge in [-0.3, -0.25) is 4.98 Å². The Hall–Kier alpha value is -0.890. The number of nitrogens with one attached hydrogen (secondary N) is 1. The molecule has 1 heterocycles. The molecule has 1 aromatic heterocycles. The van der Waals surface area contributed by atoms with Gasteiger partial charge < -0.3 is 5.32 Å². The highest BCUT2D eigenvalue weighted by Gasteiger charge is 2.12. The SMILES string of the molecule is CCCCC(NCC)c1ccncc1CC. The monoisotopic (exact) mass is 220 g/mol. The summed E-state index contributed by atoms with van der Waals surface area (Å²) in [6, 6.07) is 2.67. The van der Waals surface area contributed by atoms with E-state index in [4.69, 9.17) is 0 Å². The molecule has 0 bridgehead atoms. The van der Waals surface area contributed by atoms with Crippen LogP contribution in [0, 0.1) is 0 Å². The molecule has 0 aliphatic carbocycles. The van der Waals surface area contributed by atoms with Crippen molar-refractivity contribution in [2.45, 2.75) is 52.5 Å². The minimum atomic E-state index is 0.503. The van der Waals surface area contributed by atoms with Crippen LogP contribution < -0.4 is 5.32 Å². The van der Waals surface area contributed by atoms with Gasteiger partial charge in [0.15, 0.2) is 0 Å². The Morgan fingerprint density at radius 3 is 2.75 bits per heavy atom. The number of aromatic nitrogens is 1. The van der Waals surface area contributed by atoms with Crippen LogP contribution in [0.3, 0.4) is 0 Å². The van der Waals surface area contributed by atoms with Gasteiger partial charge in [-0.15, -0.1) is 0 Å². The molecule has 1 rings (SSSR count). The molecule has 90 valence electrons. The summed E-state index contributed by atoms with van der Waals surface area (Å²) >= 11 is 0. The maximum Gasteiger partial charge on any atom is 0.0323 e. The zero-order valence-electron chi connectivity index (χ0n) is 10.8. The highest BCUT2D eigenvalue weighted by molar-refractivity contribution is 5.26. The molecule has 0 aromatic carbocycles. The normalized spacial score (nSPS) is 12.7. The summed E-state index contributed by atoms with van der Waals surface area (Å²) in [7, 11) is 0. The van der Waals surface area contributed by atoms with Crippen molar-refractivity contribution in [1.82, 2.24) is 10.3 Å². The standard InChI is InChI=1S/C14H24N2/c1-4-7-8-14(16-6-3)13-9-10-15-11-12(13)5-2/h9-11,14,16H,4-8H2,1-3H3. The van der Waals surface area contributed by atoms with Crippen molar-refractivity contribution in [2.24, 2.45) is 0 Å². The van der Waals surface area contributed by atoms with Crippen LogP contribution in [0.15, 0.2) is 18.5 Å². The first-order chi connectivity index (χ1) is 7.83. The predicted molar refractivity (Wildman–Crippen MR) is 69.6 cm³/mol. The minimum absolute atomic E-state index is 0.503. The second-order valence-electron chi connectivity index (χ2n) is 4.18. The Labute approximate surface area is 99.5 Å². The van der Waals surface area contributed by atoms with Crippen LogP contribution in [-0.4, -0.2) is 11.5 Å². The highest BCUT2D eigenvalue weighted by atomic mass is 14.9. The molecule has 1 atom stereocenters. The molecule has 1 unspecified atom stereocenters.